The van der Waals surface area contributed by atoms with Crippen molar-refractivity contribution >= 4 is 60.5 Å². The number of hydrogen-bond acceptors (Lipinski definition) is 10. The molecule has 4 radical (unpaired) electrons. The molecule has 0 amide bonds. The molecule has 6 heterocycles. The van der Waals surface area contributed by atoms with Crippen LogP contribution in [0.5, 0.6) is 0 Å². The van der Waals surface area contributed by atoms with Gasteiger partial charge in [-0.3, -0.25) is 26.4 Å². The minimum Gasteiger partial charge on any atom is -0.358 e. The standard InChI is InChI=1S/C7H14NOS.C6H13NOS.C6H12NOS.C6H11OS.C5H11NOS.C5H10OS.CH3.4Y/c1-7-5-3-4-6-10(7,9)8-2;1-7-9(8)5-3-2-4-6-9;1-6-4-2-3-5-9(6,7)8;1-6-4-2-3-5-8(6)7;6-8(7)4-2-1-3-5-8;6-7-4-2-1-3-5-7;;;;;/h7H,1,3-6H2,2H3;2-6H2,1H3;6-7H,1-5H2;2*6H,1-5H2;1-5H2;1H3;;;;/q-1;;2*-1;;;-1;;;;. The summed E-state index contributed by atoms with van der Waals surface area (Å²) in [6.45, 7) is 11.3. The van der Waals surface area contributed by atoms with Crippen molar-refractivity contribution in [2.45, 2.75) is 131 Å². The fraction of sp³-hybridized carbons (Fsp3) is 0.889. The summed E-state index contributed by atoms with van der Waals surface area (Å²) < 4.78 is 88.8. The molecule has 326 valence electrons. The predicted molar refractivity (Wildman–Crippen MR) is 232 cm³/mol. The second kappa shape index (κ2) is 38.8. The van der Waals surface area contributed by atoms with Gasteiger partial charge in [-0.25, -0.2) is 17.1 Å². The van der Waals surface area contributed by atoms with Crippen molar-refractivity contribution < 1.29 is 156 Å². The molecule has 56 heavy (non-hydrogen) atoms. The Balaban J connectivity index is -0.000000183. The topological polar surface area (TPSA) is 175 Å². The van der Waals surface area contributed by atoms with Crippen LogP contribution in [0.15, 0.2) is 8.73 Å². The van der Waals surface area contributed by atoms with E-state index < -0.39 is 60.5 Å². The Morgan fingerprint density at radius 2 is 0.929 bits per heavy atom. The molecule has 0 aromatic rings. The molecule has 6 fully saturated rings. The summed E-state index contributed by atoms with van der Waals surface area (Å²) in [5.74, 6) is 7.10. The molecular formula is C36H74N4O6S6Y4-4. The minimum absolute atomic E-state index is 0. The molecule has 0 aromatic carbocycles. The van der Waals surface area contributed by atoms with Crippen molar-refractivity contribution in [2.24, 2.45) is 8.73 Å². The molecule has 0 aromatic heterocycles. The first-order valence-corrected chi connectivity index (χ1v) is 29.1. The van der Waals surface area contributed by atoms with Crippen LogP contribution in [0.4, 0.5) is 0 Å². The Bertz CT molecular complexity index is 1490. The maximum Gasteiger partial charge on any atom is 0.0464 e. The largest absolute Gasteiger partial charge is 0.358 e. The van der Waals surface area contributed by atoms with Crippen molar-refractivity contribution in [1.82, 2.24) is 0 Å². The van der Waals surface area contributed by atoms with E-state index in [-0.39, 0.29) is 154 Å². The van der Waals surface area contributed by atoms with Gasteiger partial charge in [0.15, 0.2) is 0 Å². The number of hydrogen-bond donors (Lipinski definition) is 2. The molecule has 6 aliphatic rings. The van der Waals surface area contributed by atoms with E-state index in [9.17, 15) is 25.3 Å². The predicted octanol–water partition coefficient (Wildman–Crippen LogP) is 7.86. The van der Waals surface area contributed by atoms with E-state index in [4.69, 9.17) is 9.56 Å². The zero-order valence-electron chi connectivity index (χ0n) is 35.0. The van der Waals surface area contributed by atoms with Crippen molar-refractivity contribution in [2.75, 3.05) is 65.9 Å². The number of rotatable bonds is 0. The van der Waals surface area contributed by atoms with Gasteiger partial charge in [0.1, 0.15) is 0 Å². The van der Waals surface area contributed by atoms with E-state index in [0.29, 0.717) is 17.3 Å². The Hall–Kier alpha value is 4.52. The fourth-order valence-corrected chi connectivity index (χ4v) is 15.5. The minimum atomic E-state index is -2.27. The zero-order valence-corrected chi connectivity index (χ0v) is 51.3. The van der Waals surface area contributed by atoms with Crippen molar-refractivity contribution in [1.29, 1.82) is 9.56 Å². The third-order valence-electron chi connectivity index (χ3n) is 9.75. The van der Waals surface area contributed by atoms with Crippen LogP contribution in [0.25, 0.3) is 0 Å². The average Bonchev–Trinajstić information content (AvgIpc) is 3.11. The summed E-state index contributed by atoms with van der Waals surface area (Å²) in [5, 5.41) is 0.196. The average molecular weight is 1210 g/mol. The molecule has 10 nitrogen and oxygen atoms in total. The van der Waals surface area contributed by atoms with Crippen LogP contribution < -0.4 is 0 Å². The maximum atomic E-state index is 11.7. The normalized spacial score (nSPS) is 31.4. The van der Waals surface area contributed by atoms with E-state index in [1.807, 2.05) is 0 Å². The third kappa shape index (κ3) is 32.2. The molecule has 0 bridgehead atoms. The van der Waals surface area contributed by atoms with E-state index in [1.54, 1.807) is 14.1 Å². The van der Waals surface area contributed by atoms with Crippen LogP contribution in [0, 0.1) is 37.8 Å². The smallest absolute Gasteiger partial charge is 0.0464 e. The summed E-state index contributed by atoms with van der Waals surface area (Å²) in [6.07, 6.45) is 19.9. The van der Waals surface area contributed by atoms with Crippen LogP contribution in [-0.4, -0.2) is 107 Å². The van der Waals surface area contributed by atoms with Gasteiger partial charge >= 0.3 is 0 Å². The molecule has 6 rings (SSSR count). The summed E-state index contributed by atoms with van der Waals surface area (Å²) in [4.78, 5) is 0. The second-order valence-electron chi connectivity index (χ2n) is 14.1. The molecule has 6 saturated heterocycles. The van der Waals surface area contributed by atoms with Crippen LogP contribution in [0.1, 0.15) is 116 Å². The van der Waals surface area contributed by atoms with Crippen LogP contribution in [-0.2, 0) is 191 Å². The first kappa shape index (κ1) is 69.6. The quantitative estimate of drug-likeness (QED) is 0.234. The van der Waals surface area contributed by atoms with Gasteiger partial charge in [0, 0.05) is 246 Å². The van der Waals surface area contributed by atoms with Crippen molar-refractivity contribution in [3.8, 4) is 0 Å². The van der Waals surface area contributed by atoms with Crippen molar-refractivity contribution in [3.05, 3.63) is 28.2 Å². The molecule has 20 heteroatoms. The molecule has 2 N–H and O–H groups in total. The van der Waals surface area contributed by atoms with Gasteiger partial charge in [-0.2, -0.15) is 0 Å². The fourth-order valence-electron chi connectivity index (χ4n) is 6.10. The Kier molecular flexibility index (Phi) is 48.1. The Labute approximate surface area is 452 Å². The molecule has 6 atom stereocenters. The summed E-state index contributed by atoms with van der Waals surface area (Å²) in [6, 6.07) is 0. The molecule has 6 aliphatic heterocycles. The van der Waals surface area contributed by atoms with Gasteiger partial charge in [-0.1, -0.05) is 73.5 Å². The van der Waals surface area contributed by atoms with Crippen molar-refractivity contribution in [3.63, 3.8) is 0 Å². The zero-order chi connectivity index (χ0) is 38.4. The van der Waals surface area contributed by atoms with E-state index in [0.717, 1.165) is 105 Å². The maximum absolute atomic E-state index is 11.7. The monoisotopic (exact) mass is 1210 g/mol. The summed E-state index contributed by atoms with van der Waals surface area (Å²) in [5.41, 5.74) is 0. The van der Waals surface area contributed by atoms with Gasteiger partial charge in [-0.15, -0.1) is 0 Å². The number of nitrogens with zero attached hydrogens (tertiary/aromatic N) is 2. The molecule has 0 saturated carbocycles. The molecule has 0 aliphatic carbocycles. The van der Waals surface area contributed by atoms with Gasteiger partial charge in [-0.05, 0) is 68.6 Å². The Morgan fingerprint density at radius 1 is 0.518 bits per heavy atom. The van der Waals surface area contributed by atoms with Crippen LogP contribution >= 0.6 is 0 Å². The second-order valence-corrected chi connectivity index (χ2v) is 28.1. The van der Waals surface area contributed by atoms with E-state index >= 15 is 0 Å². The first-order valence-electron chi connectivity index (χ1n) is 18.9. The van der Waals surface area contributed by atoms with Crippen LogP contribution in [0.3, 0.4) is 0 Å². The molecule has 6 unspecified atom stereocenters. The molecule has 0 spiro atoms. The van der Waals surface area contributed by atoms with Gasteiger partial charge < -0.3 is 28.2 Å². The number of nitrogens with one attached hydrogen (secondary N) is 2. The summed E-state index contributed by atoms with van der Waals surface area (Å²) >= 11 is 0. The van der Waals surface area contributed by atoms with Gasteiger partial charge in [0.2, 0.25) is 0 Å². The summed E-state index contributed by atoms with van der Waals surface area (Å²) in [7, 11) is -5.67. The van der Waals surface area contributed by atoms with E-state index in [1.165, 1.54) is 44.9 Å². The van der Waals surface area contributed by atoms with Gasteiger partial charge in [0.05, 0.1) is 0 Å². The first-order chi connectivity index (χ1) is 24.0. The Morgan fingerprint density at radius 3 is 1.20 bits per heavy atom. The SMILES string of the molecule is CN=S1(=O)CCCCC1.N=S1(=O)CCCCC1.O=S1CCCCC1.[CH2-]C1CCCCS1(=N)=O.[CH2-]C1CCCCS1(=O)=NC.[CH2-]C1CCCCS1=O.[CH3-].[Y].[Y].[Y].[Y]. The van der Waals surface area contributed by atoms with Gasteiger partial charge in [0.25, 0.3) is 0 Å². The van der Waals surface area contributed by atoms with Crippen LogP contribution in [0.2, 0.25) is 0 Å². The molecular weight excluding hydrogens is 1130 g/mol. The van der Waals surface area contributed by atoms with E-state index in [2.05, 4.69) is 29.5 Å². The third-order valence-corrected chi connectivity index (χ3v) is 22.3.